The van der Waals surface area contributed by atoms with Crippen LogP contribution in [0.25, 0.3) is 16.9 Å². The minimum atomic E-state index is -3.07. The van der Waals surface area contributed by atoms with E-state index in [-0.39, 0.29) is 79.7 Å². The summed E-state index contributed by atoms with van der Waals surface area (Å²) < 4.78 is 49.8. The minimum Gasteiger partial charge on any atom is -0.385 e. The van der Waals surface area contributed by atoms with Crippen LogP contribution >= 0.6 is 11.6 Å². The number of fused-ring (bicyclic) bond motifs is 2. The van der Waals surface area contributed by atoms with Crippen LogP contribution in [0.1, 0.15) is 82.5 Å². The molecule has 0 atom stereocenters. The maximum absolute atomic E-state index is 16.2. The number of rotatable bonds is 8. The Morgan fingerprint density at radius 1 is 0.923 bits per heavy atom. The van der Waals surface area contributed by atoms with Crippen molar-refractivity contribution in [1.29, 1.82) is 0 Å². The number of likely N-dealkylation sites (tertiary alicyclic amines) is 2. The van der Waals surface area contributed by atoms with Gasteiger partial charge in [-0.3, -0.25) is 34.5 Å². The molecule has 1 spiro atoms. The Hall–Kier alpha value is -6.27. The Morgan fingerprint density at radius 3 is 2.34 bits per heavy atom. The summed E-state index contributed by atoms with van der Waals surface area (Å²) in [6.07, 6.45) is 8.49. The normalized spacial score (nSPS) is 18.9. The second-order valence-corrected chi connectivity index (χ2v) is 17.8. The molecule has 2 aromatic carbocycles. The van der Waals surface area contributed by atoms with E-state index >= 15 is 13.2 Å². The monoisotopic (exact) mass is 911 g/mol. The summed E-state index contributed by atoms with van der Waals surface area (Å²) in [5.74, 6) is -4.51. The van der Waals surface area contributed by atoms with E-state index < -0.39 is 41.5 Å². The fourth-order valence-corrected chi connectivity index (χ4v) is 9.58. The van der Waals surface area contributed by atoms with Crippen LogP contribution in [-0.4, -0.2) is 105 Å². The van der Waals surface area contributed by atoms with E-state index in [9.17, 15) is 19.2 Å². The topological polar surface area (TPSA) is 174 Å². The van der Waals surface area contributed by atoms with Crippen molar-refractivity contribution in [2.24, 2.45) is 11.1 Å². The Kier molecular flexibility index (Phi) is 11.7. The highest BCUT2D eigenvalue weighted by atomic mass is 35.5. The number of benzene rings is 2. The van der Waals surface area contributed by atoms with Gasteiger partial charge in [0.1, 0.15) is 17.2 Å². The van der Waals surface area contributed by atoms with Crippen molar-refractivity contribution in [3.8, 4) is 11.3 Å². The molecule has 15 nitrogen and oxygen atoms in total. The molecular formula is C46H49ClF3N11O4. The molecule has 4 aliphatic heterocycles. The molecular weight excluding hydrogens is 863 g/mol. The molecule has 0 bridgehead atoms. The highest BCUT2D eigenvalue weighted by molar-refractivity contribution is 6.35. The van der Waals surface area contributed by atoms with Crippen molar-refractivity contribution >= 4 is 63.9 Å². The number of carbonyl (C=O) groups excluding carboxylic acids is 4. The van der Waals surface area contributed by atoms with Crippen LogP contribution in [0.15, 0.2) is 54.9 Å². The van der Waals surface area contributed by atoms with Gasteiger partial charge >= 0.3 is 6.03 Å². The molecule has 0 radical (unpaired) electrons. The lowest BCUT2D eigenvalue weighted by atomic mass is 9.68. The molecule has 0 unspecified atom stereocenters. The first-order valence-electron chi connectivity index (χ1n) is 21.9. The van der Waals surface area contributed by atoms with Crippen molar-refractivity contribution < 1.29 is 32.3 Å². The van der Waals surface area contributed by atoms with Crippen LogP contribution in [0.3, 0.4) is 0 Å². The summed E-state index contributed by atoms with van der Waals surface area (Å²) in [4.78, 5) is 65.4. The lowest BCUT2D eigenvalue weighted by Crippen LogP contribution is -2.59. The summed E-state index contributed by atoms with van der Waals surface area (Å²) >= 11 is 6.53. The number of hydrogen-bond donors (Lipinski definition) is 3. The Balaban J connectivity index is 0.00000171. The minimum absolute atomic E-state index is 0.0859. The molecule has 1 saturated carbocycles. The van der Waals surface area contributed by atoms with Gasteiger partial charge in [0.25, 0.3) is 17.7 Å². The van der Waals surface area contributed by atoms with Gasteiger partial charge in [-0.2, -0.15) is 0 Å². The van der Waals surface area contributed by atoms with E-state index in [0.29, 0.717) is 59.0 Å². The van der Waals surface area contributed by atoms with Crippen LogP contribution in [0.5, 0.6) is 0 Å². The highest BCUT2D eigenvalue weighted by Crippen LogP contribution is 2.51. The van der Waals surface area contributed by atoms with Crippen molar-refractivity contribution in [2.45, 2.75) is 70.8 Å². The summed E-state index contributed by atoms with van der Waals surface area (Å²) in [6.45, 7) is 2.55. The van der Waals surface area contributed by atoms with Gasteiger partial charge in [-0.25, -0.2) is 27.5 Å². The Bertz CT molecular complexity index is 2740. The number of nitrogens with one attached hydrogen (secondary N) is 2. The number of pyridine rings is 1. The number of alkyl halides is 2. The number of imidazole rings is 1. The molecule has 3 saturated heterocycles. The first-order chi connectivity index (χ1) is 31.2. The predicted octanol–water partition coefficient (Wildman–Crippen LogP) is 7.11. The number of nitrogens with two attached hydrogens (primary N) is 1. The van der Waals surface area contributed by atoms with Gasteiger partial charge in [-0.05, 0) is 80.1 Å². The molecule has 7 heterocycles. The van der Waals surface area contributed by atoms with Crippen LogP contribution in [0, 0.1) is 18.2 Å². The van der Waals surface area contributed by atoms with Crippen LogP contribution in [-0.2, 0) is 17.8 Å². The third-order valence-electron chi connectivity index (χ3n) is 13.1. The van der Waals surface area contributed by atoms with Gasteiger partial charge in [0.2, 0.25) is 5.91 Å². The fourth-order valence-electron chi connectivity index (χ4n) is 9.37. The number of aromatic nitrogens is 4. The Morgan fingerprint density at radius 2 is 1.66 bits per heavy atom. The van der Waals surface area contributed by atoms with Gasteiger partial charge < -0.3 is 20.9 Å². The van der Waals surface area contributed by atoms with E-state index in [0.717, 1.165) is 11.3 Å². The van der Waals surface area contributed by atoms with Crippen molar-refractivity contribution in [3.05, 3.63) is 93.6 Å². The number of aryl methyl sites for hydroxylation is 1. The van der Waals surface area contributed by atoms with E-state index in [1.165, 1.54) is 53.2 Å². The van der Waals surface area contributed by atoms with E-state index in [2.05, 4.69) is 25.7 Å². The average molecular weight is 912 g/mol. The second-order valence-electron chi connectivity index (χ2n) is 17.5. The molecule has 340 valence electrons. The maximum atomic E-state index is 16.2. The molecule has 1 aliphatic carbocycles. The molecule has 3 aromatic heterocycles. The van der Waals surface area contributed by atoms with Crippen molar-refractivity contribution in [2.75, 3.05) is 61.4 Å². The van der Waals surface area contributed by atoms with Gasteiger partial charge in [0.15, 0.2) is 11.5 Å². The highest BCUT2D eigenvalue weighted by Gasteiger charge is 2.57. The number of carbonyl (C=O) groups is 4. The second kappa shape index (κ2) is 17.3. The summed E-state index contributed by atoms with van der Waals surface area (Å²) in [5.41, 5.74) is 9.56. The first kappa shape index (κ1) is 44.0. The Labute approximate surface area is 378 Å². The number of primary amides is 1. The molecule has 10 rings (SSSR count). The zero-order valence-corrected chi connectivity index (χ0v) is 36.9. The molecule has 65 heavy (non-hydrogen) atoms. The fraction of sp³-hybridized carbons (Fsp3) is 0.413. The summed E-state index contributed by atoms with van der Waals surface area (Å²) in [5, 5.41) is 10.3. The van der Waals surface area contributed by atoms with E-state index in [4.69, 9.17) is 17.3 Å². The molecule has 4 fully saturated rings. The molecule has 19 heteroatoms. The number of anilines is 4. The number of urea groups is 1. The van der Waals surface area contributed by atoms with Gasteiger partial charge in [-0.1, -0.05) is 43.0 Å². The third kappa shape index (κ3) is 8.33. The van der Waals surface area contributed by atoms with Gasteiger partial charge in [0, 0.05) is 80.7 Å². The van der Waals surface area contributed by atoms with Gasteiger partial charge in [0.05, 0.1) is 29.1 Å². The average Bonchev–Trinajstić information content (AvgIpc) is 4.00. The molecule has 5 amide bonds. The van der Waals surface area contributed by atoms with Crippen LogP contribution in [0.4, 0.5) is 40.8 Å². The van der Waals surface area contributed by atoms with Crippen LogP contribution < -0.4 is 26.2 Å². The zero-order valence-electron chi connectivity index (χ0n) is 36.1. The molecule has 5 aromatic rings. The standard InChI is InChI=1S/C43H43ClF3N11O4.C3H6/c1-24-16-26(18-32(36(24)44)57-12-7-35(59)52-41(57)62)40(61)55-14-9-42(10-15-55)8-13-54(23-43(42,46)47)22-25-17-29(45)37(50-20-25)28-4-3-5-31-27(28)6-11-56(31)34-19-30(49-2)39-51-21-33(38(48)60)58(39)53-34;1-2-3-1/h3-5,16-21,49H,6-15,22-23H2,1-2H3,(H2,48,60)(H,52,59,62);1-3H2. The predicted molar refractivity (Wildman–Crippen MR) is 239 cm³/mol. The number of imide groups is 1. The first-order valence-corrected chi connectivity index (χ1v) is 22.3. The quantitative estimate of drug-likeness (QED) is 0.146. The van der Waals surface area contributed by atoms with Crippen molar-refractivity contribution in [3.63, 3.8) is 0 Å². The number of piperidine rings is 2. The summed E-state index contributed by atoms with van der Waals surface area (Å²) in [6, 6.07) is 11.2. The number of halogens is 4. The maximum Gasteiger partial charge on any atom is 0.328 e. The van der Waals surface area contributed by atoms with Gasteiger partial charge in [-0.15, -0.1) is 5.10 Å². The molecule has 5 aliphatic rings. The van der Waals surface area contributed by atoms with E-state index in [1.807, 2.05) is 23.1 Å². The smallest absolute Gasteiger partial charge is 0.328 e. The summed E-state index contributed by atoms with van der Waals surface area (Å²) in [7, 11) is 1.74. The number of nitrogens with zero attached hydrogens (tertiary/aromatic N) is 8. The number of hydrogen-bond acceptors (Lipinski definition) is 10. The van der Waals surface area contributed by atoms with E-state index in [1.54, 1.807) is 35.9 Å². The lowest BCUT2D eigenvalue weighted by molar-refractivity contribution is -0.186. The van der Waals surface area contributed by atoms with Crippen LogP contribution in [0.2, 0.25) is 5.02 Å². The number of amides is 5. The molecule has 4 N–H and O–H groups in total. The zero-order chi connectivity index (χ0) is 45.8. The largest absolute Gasteiger partial charge is 0.385 e. The van der Waals surface area contributed by atoms with Crippen molar-refractivity contribution in [1.82, 2.24) is 34.7 Å². The SMILES string of the molecule is C1CC1.CNc1cc(N2CCc3c(-c4ncc(CN5CCC6(CCN(C(=O)c7cc(C)c(Cl)c(N8CCC(=O)NC8=O)c7)CC6)C(F)(F)C5)cc4F)cccc32)nn2c(C(N)=O)cnc12. The lowest BCUT2D eigenvalue weighted by Gasteiger charge is -2.51. The third-order valence-corrected chi connectivity index (χ3v) is 13.6.